The first-order valence-corrected chi connectivity index (χ1v) is 52.0. The molecule has 3 unspecified atom stereocenters. The first-order valence-electron chi connectivity index (χ1n) is 52.0. The number of aromatic nitrogens is 13. The summed E-state index contributed by atoms with van der Waals surface area (Å²) in [6, 6.07) is 107. The Bertz CT molecular complexity index is 10100. The number of benzene rings is 11. The molecular formula is C128H98N14O8+6. The Labute approximate surface area is 860 Å². The van der Waals surface area contributed by atoms with Gasteiger partial charge in [-0.1, -0.05) is 123 Å². The fraction of sp³-hybridized carbons (Fsp3) is 0.156. The Morgan fingerprint density at radius 3 is 1.73 bits per heavy atom. The van der Waals surface area contributed by atoms with Crippen molar-refractivity contribution in [2.24, 2.45) is 0 Å². The maximum atomic E-state index is 13.9. The summed E-state index contributed by atoms with van der Waals surface area (Å²) in [5.41, 5.74) is 35.8. The lowest BCUT2D eigenvalue weighted by atomic mass is 9.82. The Hall–Kier alpha value is -18.4. The lowest BCUT2D eigenvalue weighted by Crippen LogP contribution is -2.77. The van der Waals surface area contributed by atoms with E-state index in [9.17, 15) is 4.79 Å². The minimum absolute atomic E-state index is 0.275. The van der Waals surface area contributed by atoms with Gasteiger partial charge in [0, 0.05) is 138 Å². The lowest BCUT2D eigenvalue weighted by Gasteiger charge is -2.37. The van der Waals surface area contributed by atoms with Crippen LogP contribution in [0.25, 0.3) is 122 Å². The van der Waals surface area contributed by atoms with Crippen LogP contribution in [0.2, 0.25) is 0 Å². The van der Waals surface area contributed by atoms with Crippen LogP contribution in [0.1, 0.15) is 128 Å². The zero-order valence-corrected chi connectivity index (χ0v) is 83.7. The molecule has 0 aliphatic carbocycles. The molecular weight excluding hydrogens is 1860 g/mol. The van der Waals surface area contributed by atoms with Gasteiger partial charge in [0.05, 0.1) is 41.1 Å². The summed E-state index contributed by atoms with van der Waals surface area (Å²) in [4.78, 5) is 21.0. The molecule has 0 radical (unpaired) electrons. The van der Waals surface area contributed by atoms with Gasteiger partial charge in [-0.3, -0.25) is 4.98 Å². The van der Waals surface area contributed by atoms with Crippen molar-refractivity contribution in [3.63, 3.8) is 0 Å². The van der Waals surface area contributed by atoms with Crippen molar-refractivity contribution >= 4 is 76.9 Å². The highest BCUT2D eigenvalue weighted by molar-refractivity contribution is 6.13. The van der Waals surface area contributed by atoms with Crippen LogP contribution in [0.5, 0.6) is 57.6 Å². The molecule has 150 heavy (non-hydrogen) atoms. The van der Waals surface area contributed by atoms with Gasteiger partial charge in [-0.2, -0.15) is 18.3 Å². The molecule has 23 aromatic rings. The molecule has 23 heterocycles. The predicted octanol–water partition coefficient (Wildman–Crippen LogP) is 22.9. The molecule has 3 spiro atoms. The fourth-order valence-corrected chi connectivity index (χ4v) is 28.0. The van der Waals surface area contributed by atoms with Gasteiger partial charge in [0.25, 0.3) is 17.3 Å². The standard InChI is InChI=1S/C45H35N5O3.C43H29N5O.C40H34N4O4/c1-25-21-26(2)50-45-39-35(49(25)50)16-14-28(22-29-23-33-31-11-8-19-46-18-7-9-27(41(31)46)24-37(33)53-44(29)51)43(39)52-36-17-15-32-30-10-3-4-12-34(30)48(42(32)40(36)45)38-13-5-6-20-47(38)45;1-26-39(29-18-16-28(17-19-29)30-24-31-10-5-7-22-44(31)25-30)27(2)48-43-40-35(47(26)48)13-9-14-36(40)49-37-21-20-33-32-11-3-4-12-34(32)46(42(33)41(37)43)38-15-6-8-23-45(38)43;1-25(26(2)31-11-5-7-21-41-31)29-17-19-30(20-18-29)45-23-24-46-39-27(3)43-32-12-9-13-33-37(32)40(44(43)28(39)4)38-34(47-33)14-10-15-35(38)48-36-16-6-8-22-42(36)40/h3-6,10,12-17,20-21,23-24H,7-9,11,18-19,22H2,1-2H3;3-25H,1-2H3;5-22H,23-24H2,1-4H3/q3*+2/b;;26-25+. The molecule has 22 heteroatoms. The Kier molecular flexibility index (Phi) is 17.3. The first kappa shape index (κ1) is 84.9. The van der Waals surface area contributed by atoms with E-state index in [1.807, 2.05) is 85.1 Å². The number of fused-ring (bicyclic) bond motifs is 20. The Morgan fingerprint density at radius 2 is 1.03 bits per heavy atom. The van der Waals surface area contributed by atoms with E-state index in [-0.39, 0.29) is 5.63 Å². The topological polar surface area (TPSA) is 154 Å². The van der Waals surface area contributed by atoms with E-state index >= 15 is 0 Å². The smallest absolute Gasteiger partial charge is 0.452 e. The van der Waals surface area contributed by atoms with Gasteiger partial charge in [0.15, 0.2) is 50.8 Å². The van der Waals surface area contributed by atoms with E-state index in [0.717, 1.165) is 203 Å². The van der Waals surface area contributed by atoms with Gasteiger partial charge in [0.1, 0.15) is 98.4 Å². The van der Waals surface area contributed by atoms with Crippen molar-refractivity contribution in [2.75, 3.05) is 31.2 Å². The van der Waals surface area contributed by atoms with Crippen LogP contribution in [0.3, 0.4) is 0 Å². The lowest BCUT2D eigenvalue weighted by molar-refractivity contribution is -0.999. The molecule has 3 atom stereocenters. The van der Waals surface area contributed by atoms with E-state index in [1.165, 1.54) is 111 Å². The third-order valence-electron chi connectivity index (χ3n) is 33.9. The molecule has 0 saturated heterocycles. The quantitative estimate of drug-likeness (QED) is 0.0694. The summed E-state index contributed by atoms with van der Waals surface area (Å²) >= 11 is 0. The fourth-order valence-electron chi connectivity index (χ4n) is 28.0. The molecule has 11 aliphatic rings. The number of para-hydroxylation sites is 2. The number of hydrogen-bond acceptors (Lipinski definition) is 10. The zero-order valence-electron chi connectivity index (χ0n) is 83.7. The number of pyridine rings is 5. The number of aryl methyl sites for hydroxylation is 4. The average Bonchev–Trinajstić information content (AvgIpc) is 1.47. The second-order valence-electron chi connectivity index (χ2n) is 41.5. The van der Waals surface area contributed by atoms with Crippen molar-refractivity contribution < 1.29 is 60.6 Å². The van der Waals surface area contributed by atoms with Gasteiger partial charge in [-0.05, 0) is 268 Å². The van der Waals surface area contributed by atoms with E-state index in [2.05, 4.69) is 376 Å². The third-order valence-corrected chi connectivity index (χ3v) is 33.9. The van der Waals surface area contributed by atoms with Crippen LogP contribution in [0.15, 0.2) is 350 Å². The van der Waals surface area contributed by atoms with Crippen LogP contribution in [0, 0.1) is 41.5 Å². The Morgan fingerprint density at radius 1 is 0.440 bits per heavy atom. The van der Waals surface area contributed by atoms with E-state index in [0.29, 0.717) is 30.8 Å². The number of allylic oxidation sites excluding steroid dienone is 2. The molecule has 0 N–H and O–H groups in total. The number of hydrogen-bond donors (Lipinski definition) is 0. The van der Waals surface area contributed by atoms with Crippen molar-refractivity contribution in [1.29, 1.82) is 0 Å². The number of ether oxygens (including phenoxy) is 6. The second-order valence-corrected chi connectivity index (χ2v) is 41.5. The molecule has 0 bridgehead atoms. The van der Waals surface area contributed by atoms with Gasteiger partial charge < -0.3 is 42.1 Å². The highest BCUT2D eigenvalue weighted by Crippen LogP contribution is 2.62. The molecule has 11 aromatic carbocycles. The molecule has 0 fully saturated rings. The summed E-state index contributed by atoms with van der Waals surface area (Å²) in [6.45, 7) is 20.4. The van der Waals surface area contributed by atoms with Crippen LogP contribution < -0.4 is 66.7 Å². The molecule has 0 amide bonds. The highest BCUT2D eigenvalue weighted by atomic mass is 16.5. The molecule has 22 nitrogen and oxygen atoms in total. The molecule has 11 aliphatic heterocycles. The minimum atomic E-state index is -0.770. The van der Waals surface area contributed by atoms with Crippen molar-refractivity contribution in [1.82, 2.24) is 32.6 Å². The highest BCUT2D eigenvalue weighted by Gasteiger charge is 2.75. The molecule has 34 rings (SSSR count). The van der Waals surface area contributed by atoms with Crippen molar-refractivity contribution in [2.45, 2.75) is 104 Å². The third kappa shape index (κ3) is 10.9. The Balaban J connectivity index is 0.0000000995. The molecule has 722 valence electrons. The summed E-state index contributed by atoms with van der Waals surface area (Å²) in [5.74, 6) is 10.4. The number of anilines is 1. The average molecular weight is 1960 g/mol. The summed E-state index contributed by atoms with van der Waals surface area (Å²) in [5, 5.41) is 5.98. The molecule has 0 saturated carbocycles. The van der Waals surface area contributed by atoms with Crippen LogP contribution in [-0.4, -0.2) is 58.9 Å². The summed E-state index contributed by atoms with van der Waals surface area (Å²) in [6.07, 6.45) is 17.4. The first-order chi connectivity index (χ1) is 73.6. The van der Waals surface area contributed by atoms with Gasteiger partial charge in [-0.25, -0.2) is 4.79 Å². The molecule has 12 aromatic heterocycles. The SMILES string of the molecule is C/C(=C(/C)c1ccccn1)c1ccc(OCCOc2c(C)n3[n+](c2C)C24c5c(cccc5Oc5cccc[n+]52)Oc2cccc-3c24)cc1.Cc1c(-c2ccc(-c3cc4ccccn4c3)cc2)c(C)[n+]2n1-c1cccc3c1C21c2c(ccc4c5ccccc5n(c24)-c2cccc[n+]21)O3.Cc1cc(C)[n+]2n1-c1ccc(Cc3cc4c5c6c(cc4oc3=O)CCCN6CCC5)c3c1C21c2c(ccc4c5ccccc5n(c24)-c2cccc[n+]21)O3. The number of nitrogens with zero attached hydrogens (tertiary/aromatic N) is 14. The monoisotopic (exact) mass is 1960 g/mol. The minimum Gasteiger partial charge on any atom is -0.490 e. The van der Waals surface area contributed by atoms with Crippen LogP contribution in [-0.2, 0) is 36.3 Å². The van der Waals surface area contributed by atoms with Crippen molar-refractivity contribution in [3.05, 3.63) is 452 Å². The second kappa shape index (κ2) is 30.6. The van der Waals surface area contributed by atoms with Crippen molar-refractivity contribution in [3.8, 4) is 109 Å². The maximum absolute atomic E-state index is 13.9. The van der Waals surface area contributed by atoms with Crippen LogP contribution >= 0.6 is 0 Å². The van der Waals surface area contributed by atoms with Gasteiger partial charge >= 0.3 is 28.5 Å². The van der Waals surface area contributed by atoms with Gasteiger partial charge in [-0.15, -0.1) is 14.0 Å². The van der Waals surface area contributed by atoms with E-state index in [4.69, 9.17) is 32.8 Å². The van der Waals surface area contributed by atoms with E-state index < -0.39 is 17.0 Å². The summed E-state index contributed by atoms with van der Waals surface area (Å²) in [7, 11) is 0. The normalized spacial score (nSPS) is 17.0. The zero-order chi connectivity index (χ0) is 99.6. The van der Waals surface area contributed by atoms with Crippen LogP contribution in [0.4, 0.5) is 5.69 Å². The maximum Gasteiger partial charge on any atom is 0.452 e. The van der Waals surface area contributed by atoms with E-state index in [1.54, 1.807) is 0 Å². The summed E-state index contributed by atoms with van der Waals surface area (Å²) < 4.78 is 74.5. The predicted molar refractivity (Wildman–Crippen MR) is 572 cm³/mol. The number of rotatable bonds is 11. The largest absolute Gasteiger partial charge is 0.490 e. The van der Waals surface area contributed by atoms with Gasteiger partial charge in [0.2, 0.25) is 17.1 Å².